The monoisotopic (exact) mass is 272 g/mol. The SMILES string of the molecule is COC(=O)c1nn(-c2ccc(C#N)nc2)c(=O)cc1O. The molecule has 0 spiro atoms. The molecule has 8 heteroatoms. The van der Waals surface area contributed by atoms with Crippen LogP contribution in [0.4, 0.5) is 0 Å². The molecular weight excluding hydrogens is 264 g/mol. The van der Waals surface area contributed by atoms with Gasteiger partial charge in [0.2, 0.25) is 5.69 Å². The topological polar surface area (TPSA) is 118 Å². The van der Waals surface area contributed by atoms with Crippen molar-refractivity contribution in [3.8, 4) is 17.5 Å². The van der Waals surface area contributed by atoms with Crippen molar-refractivity contribution >= 4 is 5.97 Å². The van der Waals surface area contributed by atoms with E-state index in [9.17, 15) is 14.7 Å². The first-order chi connectivity index (χ1) is 9.56. The summed E-state index contributed by atoms with van der Waals surface area (Å²) in [5.41, 5.74) is -0.619. The van der Waals surface area contributed by atoms with Crippen LogP contribution in [0.1, 0.15) is 16.2 Å². The second-order valence-corrected chi connectivity index (χ2v) is 3.63. The number of aromatic nitrogens is 3. The van der Waals surface area contributed by atoms with Gasteiger partial charge in [-0.15, -0.1) is 0 Å². The number of rotatable bonds is 2. The van der Waals surface area contributed by atoms with E-state index in [1.54, 1.807) is 0 Å². The lowest BCUT2D eigenvalue weighted by Crippen LogP contribution is -2.23. The molecule has 0 radical (unpaired) electrons. The van der Waals surface area contributed by atoms with Crippen LogP contribution in [0.15, 0.2) is 29.2 Å². The number of methoxy groups -OCH3 is 1. The fourth-order valence-electron chi connectivity index (χ4n) is 1.45. The Morgan fingerprint density at radius 3 is 2.80 bits per heavy atom. The Bertz CT molecular complexity index is 759. The second kappa shape index (κ2) is 5.19. The fourth-order valence-corrected chi connectivity index (χ4v) is 1.45. The van der Waals surface area contributed by atoms with Gasteiger partial charge in [0.15, 0.2) is 5.75 Å². The van der Waals surface area contributed by atoms with Crippen molar-refractivity contribution in [1.29, 1.82) is 5.26 Å². The lowest BCUT2D eigenvalue weighted by atomic mass is 10.3. The summed E-state index contributed by atoms with van der Waals surface area (Å²) < 4.78 is 5.32. The Hall–Kier alpha value is -3.21. The number of carbonyl (C=O) groups is 1. The molecule has 0 saturated carbocycles. The Morgan fingerprint density at radius 2 is 2.25 bits per heavy atom. The van der Waals surface area contributed by atoms with Crippen LogP contribution in [-0.4, -0.2) is 33.0 Å². The van der Waals surface area contributed by atoms with E-state index in [2.05, 4.69) is 14.8 Å². The molecule has 0 fully saturated rings. The number of hydrogen-bond acceptors (Lipinski definition) is 7. The molecule has 1 N–H and O–H groups in total. The summed E-state index contributed by atoms with van der Waals surface area (Å²) >= 11 is 0. The largest absolute Gasteiger partial charge is 0.505 e. The van der Waals surface area contributed by atoms with Crippen LogP contribution >= 0.6 is 0 Å². The zero-order chi connectivity index (χ0) is 14.7. The van der Waals surface area contributed by atoms with Crippen molar-refractivity contribution in [2.75, 3.05) is 7.11 Å². The van der Waals surface area contributed by atoms with Gasteiger partial charge < -0.3 is 9.84 Å². The molecule has 100 valence electrons. The Kier molecular flexibility index (Phi) is 3.43. The molecule has 2 rings (SSSR count). The summed E-state index contributed by atoms with van der Waals surface area (Å²) in [5.74, 6) is -1.45. The molecule has 2 aromatic heterocycles. The number of aromatic hydroxyl groups is 1. The molecule has 0 saturated heterocycles. The third kappa shape index (κ3) is 2.32. The second-order valence-electron chi connectivity index (χ2n) is 3.63. The molecule has 0 aliphatic heterocycles. The van der Waals surface area contributed by atoms with Crippen LogP contribution in [-0.2, 0) is 4.74 Å². The van der Waals surface area contributed by atoms with Crippen molar-refractivity contribution < 1.29 is 14.6 Å². The van der Waals surface area contributed by atoms with Gasteiger partial charge in [0, 0.05) is 6.07 Å². The Balaban J connectivity index is 2.59. The smallest absolute Gasteiger partial charge is 0.362 e. The number of hydrogen-bond donors (Lipinski definition) is 1. The number of ether oxygens (including phenoxy) is 1. The summed E-state index contributed by atoms with van der Waals surface area (Å²) in [6.07, 6.45) is 1.26. The first-order valence-electron chi connectivity index (χ1n) is 5.35. The van der Waals surface area contributed by atoms with Gasteiger partial charge in [0.25, 0.3) is 5.56 Å². The van der Waals surface area contributed by atoms with Gasteiger partial charge >= 0.3 is 5.97 Å². The van der Waals surface area contributed by atoms with Gasteiger partial charge in [-0.05, 0) is 12.1 Å². The number of pyridine rings is 1. The first-order valence-corrected chi connectivity index (χ1v) is 5.35. The van der Waals surface area contributed by atoms with Crippen molar-refractivity contribution in [3.63, 3.8) is 0 Å². The molecule has 20 heavy (non-hydrogen) atoms. The average Bonchev–Trinajstić information content (AvgIpc) is 2.47. The molecule has 0 aliphatic rings. The van der Waals surface area contributed by atoms with E-state index in [1.165, 1.54) is 18.3 Å². The van der Waals surface area contributed by atoms with Gasteiger partial charge in [-0.1, -0.05) is 0 Å². The first kappa shape index (κ1) is 13.2. The average molecular weight is 272 g/mol. The molecular formula is C12H8N4O4. The molecule has 2 heterocycles. The highest BCUT2D eigenvalue weighted by Crippen LogP contribution is 2.13. The molecule has 2 aromatic rings. The standard InChI is InChI=1S/C12H8N4O4/c1-20-12(19)11-9(17)4-10(18)16(15-11)8-3-2-7(5-13)14-6-8/h2-4,6,17H,1H3. The normalized spacial score (nSPS) is 9.80. The summed E-state index contributed by atoms with van der Waals surface area (Å²) in [7, 11) is 1.13. The van der Waals surface area contributed by atoms with Crippen molar-refractivity contribution in [3.05, 3.63) is 46.1 Å². The van der Waals surface area contributed by atoms with E-state index in [-0.39, 0.29) is 11.4 Å². The molecule has 8 nitrogen and oxygen atoms in total. The van der Waals surface area contributed by atoms with E-state index in [0.717, 1.165) is 17.9 Å². The predicted molar refractivity (Wildman–Crippen MR) is 65.3 cm³/mol. The third-order valence-electron chi connectivity index (χ3n) is 2.40. The van der Waals surface area contributed by atoms with Gasteiger partial charge in [0.1, 0.15) is 11.8 Å². The molecule has 0 aromatic carbocycles. The zero-order valence-corrected chi connectivity index (χ0v) is 10.3. The van der Waals surface area contributed by atoms with Gasteiger partial charge in [-0.2, -0.15) is 15.0 Å². The molecule has 0 amide bonds. The van der Waals surface area contributed by atoms with Gasteiger partial charge in [-0.3, -0.25) is 4.79 Å². The van der Waals surface area contributed by atoms with E-state index in [1.807, 2.05) is 6.07 Å². The van der Waals surface area contributed by atoms with Crippen LogP contribution in [0, 0.1) is 11.3 Å². The molecule has 0 atom stereocenters. The van der Waals surface area contributed by atoms with E-state index in [0.29, 0.717) is 0 Å². The number of nitrogens with zero attached hydrogens (tertiary/aromatic N) is 4. The zero-order valence-electron chi connectivity index (χ0n) is 10.3. The maximum atomic E-state index is 11.8. The highest BCUT2D eigenvalue weighted by atomic mass is 16.5. The van der Waals surface area contributed by atoms with Crippen molar-refractivity contribution in [1.82, 2.24) is 14.8 Å². The molecule has 0 unspecified atom stereocenters. The summed E-state index contributed by atoms with van der Waals surface area (Å²) in [5, 5.41) is 21.9. The van der Waals surface area contributed by atoms with Crippen molar-refractivity contribution in [2.45, 2.75) is 0 Å². The Labute approximate surface area is 112 Å². The maximum absolute atomic E-state index is 11.8. The highest BCUT2D eigenvalue weighted by molar-refractivity contribution is 5.89. The van der Waals surface area contributed by atoms with Crippen LogP contribution in [0.3, 0.4) is 0 Å². The summed E-state index contributed by atoms with van der Waals surface area (Å²) in [6.45, 7) is 0. The highest BCUT2D eigenvalue weighted by Gasteiger charge is 2.17. The number of carbonyl (C=O) groups excluding carboxylic acids is 1. The van der Waals surface area contributed by atoms with Crippen LogP contribution in [0.25, 0.3) is 5.69 Å². The minimum atomic E-state index is -0.877. The molecule has 0 aliphatic carbocycles. The van der Waals surface area contributed by atoms with Crippen molar-refractivity contribution in [2.24, 2.45) is 0 Å². The van der Waals surface area contributed by atoms with Gasteiger partial charge in [0.05, 0.1) is 19.0 Å². The predicted octanol–water partition coefficient (Wildman–Crippen LogP) is -0.00862. The van der Waals surface area contributed by atoms with E-state index >= 15 is 0 Å². The Morgan fingerprint density at radius 1 is 1.50 bits per heavy atom. The van der Waals surface area contributed by atoms with Crippen LogP contribution in [0.5, 0.6) is 5.75 Å². The maximum Gasteiger partial charge on any atom is 0.362 e. The summed E-state index contributed by atoms with van der Waals surface area (Å²) in [4.78, 5) is 27.0. The van der Waals surface area contributed by atoms with Gasteiger partial charge in [-0.25, -0.2) is 9.78 Å². The lowest BCUT2D eigenvalue weighted by Gasteiger charge is -2.07. The lowest BCUT2D eigenvalue weighted by molar-refractivity contribution is 0.0588. The van der Waals surface area contributed by atoms with E-state index < -0.39 is 23.0 Å². The fraction of sp³-hybridized carbons (Fsp3) is 0.0833. The summed E-state index contributed by atoms with van der Waals surface area (Å²) in [6, 6.07) is 5.52. The van der Waals surface area contributed by atoms with Crippen LogP contribution < -0.4 is 5.56 Å². The minimum absolute atomic E-state index is 0.175. The van der Waals surface area contributed by atoms with Crippen LogP contribution in [0.2, 0.25) is 0 Å². The number of esters is 1. The quantitative estimate of drug-likeness (QED) is 0.764. The number of nitriles is 1. The minimum Gasteiger partial charge on any atom is -0.505 e. The third-order valence-corrected chi connectivity index (χ3v) is 2.40. The molecule has 0 bridgehead atoms. The van der Waals surface area contributed by atoms with E-state index in [4.69, 9.17) is 5.26 Å².